The number of fused-ring (bicyclic) bond motifs is 3. The minimum absolute atomic E-state index is 0.00133. The number of carbonyl (C=O) groups is 6. The Labute approximate surface area is 753 Å². The molecule has 0 bridgehead atoms. The van der Waals surface area contributed by atoms with Gasteiger partial charge in [0.05, 0.1) is 74.8 Å². The van der Waals surface area contributed by atoms with E-state index in [1.165, 1.54) is 39.9 Å². The number of carbonyl (C=O) groups excluding carboxylic acids is 6. The van der Waals surface area contributed by atoms with Gasteiger partial charge in [0.2, 0.25) is 16.8 Å². The van der Waals surface area contributed by atoms with Gasteiger partial charge in [-0.05, 0) is 162 Å². The van der Waals surface area contributed by atoms with E-state index >= 15 is 0 Å². The maximum absolute atomic E-state index is 13.6. The molecule has 0 aliphatic rings. The monoisotopic (exact) mass is 1780 g/mol. The normalized spacial score (nSPS) is 12.5. The molecule has 130 heavy (non-hydrogen) atoms. The summed E-state index contributed by atoms with van der Waals surface area (Å²) in [7, 11) is 3.17. The Kier molecular flexibility index (Phi) is 30.5. The Morgan fingerprint density at radius 2 is 0.569 bits per heavy atom. The van der Waals surface area contributed by atoms with Crippen LogP contribution in [-0.4, -0.2) is 174 Å². The van der Waals surface area contributed by atoms with Crippen LogP contribution in [0.15, 0.2) is 303 Å². The third kappa shape index (κ3) is 22.6. The van der Waals surface area contributed by atoms with Crippen molar-refractivity contribution in [1.82, 2.24) is 29.3 Å². The molecule has 0 amide bonds. The van der Waals surface area contributed by atoms with E-state index in [2.05, 4.69) is 124 Å². The van der Waals surface area contributed by atoms with Gasteiger partial charge in [-0.15, -0.1) is 0 Å². The zero-order chi connectivity index (χ0) is 92.1. The number of rotatable bonds is 33. The molecule has 12 aromatic carbocycles. The second-order valence-corrected chi connectivity index (χ2v) is 31.4. The summed E-state index contributed by atoms with van der Waals surface area (Å²) in [5.41, 5.74) is 9.04. The van der Waals surface area contributed by atoms with Crippen molar-refractivity contribution in [2.45, 2.75) is 69.9 Å². The van der Waals surface area contributed by atoms with Gasteiger partial charge in [0, 0.05) is 77.5 Å². The number of nitrogens with zero attached hydrogens (tertiary/aromatic N) is 9. The van der Waals surface area contributed by atoms with Gasteiger partial charge in [-0.2, -0.15) is 15.3 Å². The Balaban J connectivity index is 0.000000166. The lowest BCUT2D eigenvalue weighted by atomic mass is 10.1. The number of aliphatic hydroxyl groups is 6. The van der Waals surface area contributed by atoms with Crippen LogP contribution in [0.4, 0.5) is 21.5 Å². The second-order valence-electron chi connectivity index (χ2n) is 30.9. The molecule has 15 rings (SSSR count). The van der Waals surface area contributed by atoms with Crippen LogP contribution in [0.25, 0.3) is 49.8 Å². The summed E-state index contributed by atoms with van der Waals surface area (Å²) in [4.78, 5) is 81.4. The van der Waals surface area contributed by atoms with E-state index in [0.29, 0.717) is 75.3 Å². The first-order valence-electron chi connectivity index (χ1n) is 41.3. The molecule has 0 radical (unpaired) electrons. The average Bonchev–Trinajstić information content (AvgIpc) is 1.63. The number of esters is 6. The molecule has 0 aliphatic heterocycles. The lowest BCUT2D eigenvalue weighted by Crippen LogP contribution is -2.48. The second kappa shape index (κ2) is 42.7. The number of hydrogen-bond acceptors (Lipinski definition) is 24. The van der Waals surface area contributed by atoms with Crippen molar-refractivity contribution in [3.63, 3.8) is 0 Å². The number of aliphatic hydroxyl groups excluding tert-OH is 3. The predicted octanol–water partition coefficient (Wildman–Crippen LogP) is 14.3. The first-order valence-corrected chi connectivity index (χ1v) is 41.6. The van der Waals surface area contributed by atoms with Crippen molar-refractivity contribution in [2.24, 2.45) is 0 Å². The van der Waals surface area contributed by atoms with Gasteiger partial charge in [-0.3, -0.25) is 0 Å². The van der Waals surface area contributed by atoms with E-state index in [1.54, 1.807) is 62.6 Å². The molecule has 27 nitrogen and oxygen atoms in total. The molecule has 0 fully saturated rings. The van der Waals surface area contributed by atoms with Gasteiger partial charge in [0.1, 0.15) is 25.6 Å². The maximum Gasteiger partial charge on any atom is 0.359 e. The van der Waals surface area contributed by atoms with Crippen LogP contribution >= 0.6 is 11.6 Å². The molecule has 3 unspecified atom stereocenters. The first-order chi connectivity index (χ1) is 62.8. The highest BCUT2D eigenvalue weighted by Gasteiger charge is 2.42. The van der Waals surface area contributed by atoms with Crippen LogP contribution in [0.1, 0.15) is 76.0 Å². The highest BCUT2D eigenvalue weighted by molar-refractivity contribution is 6.30. The molecule has 0 saturated carbocycles. The zero-order valence-corrected chi connectivity index (χ0v) is 72.5. The minimum atomic E-state index is -2.39. The fourth-order valence-electron chi connectivity index (χ4n) is 14.3. The highest BCUT2D eigenvalue weighted by Crippen LogP contribution is 2.33. The van der Waals surface area contributed by atoms with E-state index in [-0.39, 0.29) is 22.9 Å². The fourth-order valence-corrected chi connectivity index (χ4v) is 14.4. The van der Waals surface area contributed by atoms with Gasteiger partial charge in [0.15, 0.2) is 17.1 Å². The molecule has 3 heterocycles. The molecular formula is C101H95ClFN9O18. The largest absolute Gasteiger partial charge is 0.467 e. The van der Waals surface area contributed by atoms with Gasteiger partial charge in [0.25, 0.3) is 0 Å². The molecular weight excluding hydrogens is 1680 g/mol. The molecule has 0 spiro atoms. The van der Waals surface area contributed by atoms with E-state index in [4.69, 9.17) is 25.8 Å². The number of halogens is 2. The van der Waals surface area contributed by atoms with Crippen LogP contribution in [0.2, 0.25) is 5.02 Å². The van der Waals surface area contributed by atoms with Crippen molar-refractivity contribution in [3.8, 4) is 17.1 Å². The predicted molar refractivity (Wildman–Crippen MR) is 489 cm³/mol. The van der Waals surface area contributed by atoms with Crippen LogP contribution in [-0.2, 0) is 82.1 Å². The zero-order valence-electron chi connectivity index (χ0n) is 71.7. The molecule has 15 aromatic rings. The Bertz CT molecular complexity index is 5990. The summed E-state index contributed by atoms with van der Waals surface area (Å²) in [5, 5.41) is 75.2. The number of anilines is 3. The number of aromatic nitrogens is 6. The summed E-state index contributed by atoms with van der Waals surface area (Å²) in [5.74, 6) is -6.23. The average molecular weight is 1780 g/mol. The van der Waals surface area contributed by atoms with Gasteiger partial charge in [-0.25, -0.2) is 47.2 Å². The highest BCUT2D eigenvalue weighted by atomic mass is 35.5. The molecule has 6 N–H and O–H groups in total. The Morgan fingerprint density at radius 1 is 0.331 bits per heavy atom. The van der Waals surface area contributed by atoms with Crippen molar-refractivity contribution in [3.05, 3.63) is 376 Å². The van der Waals surface area contributed by atoms with Gasteiger partial charge < -0.3 is 73.8 Å². The molecule has 3 aromatic heterocycles. The van der Waals surface area contributed by atoms with Crippen molar-refractivity contribution in [2.75, 3.05) is 75.7 Å². The van der Waals surface area contributed by atoms with Crippen LogP contribution in [0.3, 0.4) is 0 Å². The van der Waals surface area contributed by atoms with E-state index < -0.39 is 92.3 Å². The molecule has 0 saturated heterocycles. The summed E-state index contributed by atoms with van der Waals surface area (Å²) in [6, 6.07) is 96.5. The SMILES string of the molecule is COC(=O)C(O)(CO)COC(=O)c1nn(-c2ccc(N(Cc3ccc(C)cc3)Cc3ccc(Cl)cc3)cc2)c2ccccc12.COC(=O)C(O)(CO)COC(=O)c1nn(-c2ccc(N(Cc3ccc(C)cc3)Cc3ccc(F)cc3)cc2)c2ccccc12.COC(=O)C(O)(CO)COC(=O)c1nn(-c2ccc(N(Cc3ccccc3)Cc3ccccc3)cc2)c2ccccc12. The lowest BCUT2D eigenvalue weighted by molar-refractivity contribution is -0.172. The first kappa shape index (κ1) is 92.9. The van der Waals surface area contributed by atoms with Crippen LogP contribution < -0.4 is 14.7 Å². The number of hydrogen-bond donors (Lipinski definition) is 6. The number of methoxy groups -OCH3 is 3. The molecule has 0 aliphatic carbocycles. The van der Waals surface area contributed by atoms with Gasteiger partial charge >= 0.3 is 35.8 Å². The topological polar surface area (TPSA) is 342 Å². The summed E-state index contributed by atoms with van der Waals surface area (Å²) in [6.45, 7) is 2.76. The molecule has 29 heteroatoms. The summed E-state index contributed by atoms with van der Waals surface area (Å²) >= 11 is 6.12. The molecule has 3 atom stereocenters. The quantitative estimate of drug-likeness (QED) is 0.0164. The van der Waals surface area contributed by atoms with Crippen molar-refractivity contribution >= 4 is 97.2 Å². The minimum Gasteiger partial charge on any atom is -0.467 e. The van der Waals surface area contributed by atoms with Crippen LogP contribution in [0, 0.1) is 19.7 Å². The maximum atomic E-state index is 13.6. The van der Waals surface area contributed by atoms with E-state index in [9.17, 15) is 63.8 Å². The smallest absolute Gasteiger partial charge is 0.359 e. The number of aryl methyl sites for hydroxylation is 2. The standard InChI is InChI=1S/C34H32ClN3O6.C34H32FN3O6.C33H31N3O6/c2*1-23-7-9-24(10-8-23)19-37(20-25-11-13-26(35)14-12-25)27-15-17-28(18-16-27)38-30-6-4-3-5-29(30)31(36-38)32(40)44-22-34(42,21-39)33(41)43-2;1-41-32(39)33(40,22-37)23-42-31(38)30-28-14-8-9-15-29(28)36(34-30)27-18-16-26(17-19-27)35(20-24-10-4-2-5-11-24)21-25-12-6-3-7-13-25/h2*3-18,39,42H,19-22H2,1-2H3;2-19,37,40H,20-23H2,1H3. The Morgan fingerprint density at radius 3 is 0.831 bits per heavy atom. The number of para-hydroxylation sites is 3. The third-order valence-electron chi connectivity index (χ3n) is 21.5. The summed E-state index contributed by atoms with van der Waals surface area (Å²) in [6.07, 6.45) is 0. The van der Waals surface area contributed by atoms with Crippen molar-refractivity contribution < 1.29 is 92.2 Å². The number of benzene rings is 12. The lowest BCUT2D eigenvalue weighted by Gasteiger charge is -2.26. The molecule has 666 valence electrons. The third-order valence-corrected chi connectivity index (χ3v) is 21.8. The van der Waals surface area contributed by atoms with E-state index in [1.807, 2.05) is 177 Å². The Hall–Kier alpha value is -14.8. The van der Waals surface area contributed by atoms with E-state index in [0.717, 1.165) is 73.9 Å². The number of ether oxygens (including phenoxy) is 6. The fraction of sp³-hybridized carbons (Fsp3) is 0.198. The van der Waals surface area contributed by atoms with Gasteiger partial charge in [-0.1, -0.05) is 211 Å². The van der Waals surface area contributed by atoms with Crippen LogP contribution in [0.5, 0.6) is 0 Å². The van der Waals surface area contributed by atoms with Crippen molar-refractivity contribution in [1.29, 1.82) is 0 Å². The summed E-state index contributed by atoms with van der Waals surface area (Å²) < 4.78 is 47.6.